The van der Waals surface area contributed by atoms with Crippen molar-refractivity contribution in [2.75, 3.05) is 12.8 Å². The minimum absolute atomic E-state index is 0. The minimum Gasteiger partial charge on any atom is -0.414 e. The van der Waals surface area contributed by atoms with E-state index in [1.807, 2.05) is 31.3 Å². The summed E-state index contributed by atoms with van der Waals surface area (Å²) in [7, 11) is -2.25. The Morgan fingerprint density at radius 2 is 1.74 bits per heavy atom. The van der Waals surface area contributed by atoms with Crippen molar-refractivity contribution in [3.63, 3.8) is 0 Å². The fourth-order valence-electron chi connectivity index (χ4n) is 3.46. The molecule has 0 bridgehead atoms. The molecule has 0 unspecified atom stereocenters. The van der Waals surface area contributed by atoms with Gasteiger partial charge in [-0.25, -0.2) is 18.4 Å². The van der Waals surface area contributed by atoms with Gasteiger partial charge in [0.05, 0.1) is 17.1 Å². The van der Waals surface area contributed by atoms with E-state index in [1.165, 1.54) is 26.1 Å². The van der Waals surface area contributed by atoms with E-state index in [4.69, 9.17) is 10.2 Å². The molecule has 10 nitrogen and oxygen atoms in total. The average Bonchev–Trinajstić information content (AvgIpc) is 3.34. The topological polar surface area (TPSA) is 146 Å². The van der Waals surface area contributed by atoms with E-state index in [1.54, 1.807) is 0 Å². The summed E-state index contributed by atoms with van der Waals surface area (Å²) in [5.41, 5.74) is 7.85. The molecule has 0 atom stereocenters. The van der Waals surface area contributed by atoms with Crippen LogP contribution in [0, 0.1) is 0 Å². The maximum atomic E-state index is 13.1. The van der Waals surface area contributed by atoms with Crippen LogP contribution in [-0.2, 0) is 16.4 Å². The van der Waals surface area contributed by atoms with Crippen LogP contribution < -0.4 is 15.8 Å². The van der Waals surface area contributed by atoms with E-state index in [-0.39, 0.29) is 38.8 Å². The number of hydrogen-bond acceptors (Lipinski definition) is 10. The third kappa shape index (κ3) is 5.75. The molecule has 0 spiro atoms. The molecule has 0 aliphatic carbocycles. The van der Waals surface area contributed by atoms with E-state index in [9.17, 15) is 21.6 Å². The maximum absolute atomic E-state index is 13.1. The van der Waals surface area contributed by atoms with Crippen molar-refractivity contribution in [1.29, 1.82) is 0 Å². The number of halogens is 3. The summed E-state index contributed by atoms with van der Waals surface area (Å²) in [5, 5.41) is 10.1. The van der Waals surface area contributed by atoms with Crippen molar-refractivity contribution in [1.82, 2.24) is 25.5 Å². The maximum Gasteiger partial charge on any atom is 0.573 e. The highest BCUT2D eigenvalue weighted by molar-refractivity contribution is 7.92. The van der Waals surface area contributed by atoms with Crippen LogP contribution >= 0.6 is 0 Å². The number of benzene rings is 2. The molecule has 206 valence electrons. The first-order chi connectivity index (χ1) is 17.9. The number of anilines is 1. The molecule has 4 aromatic rings. The van der Waals surface area contributed by atoms with E-state index in [2.05, 4.69) is 30.2 Å². The smallest absolute Gasteiger partial charge is 0.414 e. The number of nitrogens with one attached hydrogen (secondary N) is 1. The molecular weight excluding hydrogens is 525 g/mol. The SMILES string of the molecule is CNCc1ccc(-c2nnc(-c3nc(-c4ccc(S(=O)(=O)C(C)C)c(OC(F)(F)F)c4)cnc3N)o2)cc1.[HH].[HH].[HH]. The number of rotatable bonds is 8. The average molecular weight is 555 g/mol. The first-order valence-electron chi connectivity index (χ1n) is 11.2. The van der Waals surface area contributed by atoms with Gasteiger partial charge in [0.25, 0.3) is 5.89 Å². The lowest BCUT2D eigenvalue weighted by Gasteiger charge is -2.16. The Kier molecular flexibility index (Phi) is 7.37. The highest BCUT2D eigenvalue weighted by Crippen LogP contribution is 2.36. The van der Waals surface area contributed by atoms with Crippen molar-refractivity contribution in [2.45, 2.75) is 36.9 Å². The van der Waals surface area contributed by atoms with Crippen LogP contribution in [0.4, 0.5) is 19.0 Å². The number of nitrogens with zero attached hydrogens (tertiary/aromatic N) is 4. The molecule has 3 N–H and O–H groups in total. The zero-order valence-electron chi connectivity index (χ0n) is 20.4. The number of hydrogen-bond donors (Lipinski definition) is 2. The second-order valence-corrected chi connectivity index (χ2v) is 10.9. The Balaban J connectivity index is 0.00000280. The molecule has 4 rings (SSSR count). The second kappa shape index (κ2) is 10.4. The number of nitrogens with two attached hydrogens (primary N) is 1. The van der Waals surface area contributed by atoms with Crippen LogP contribution in [0.3, 0.4) is 0 Å². The van der Waals surface area contributed by atoms with Gasteiger partial charge < -0.3 is 20.2 Å². The highest BCUT2D eigenvalue weighted by Gasteiger charge is 2.35. The van der Waals surface area contributed by atoms with Crippen molar-refractivity contribution in [2.24, 2.45) is 0 Å². The van der Waals surface area contributed by atoms with E-state index < -0.39 is 32.1 Å². The second-order valence-electron chi connectivity index (χ2n) is 8.43. The van der Waals surface area contributed by atoms with Crippen LogP contribution in [0.5, 0.6) is 5.75 Å². The standard InChI is InChI=1S/C24H23F3N6O4S.3H2/c1-13(2)38(34,35)19-9-8-16(10-18(19)37-24(25,26)27)17-12-30-21(28)20(31-17)23-33-32-22(36-23)15-6-4-14(5-7-15)11-29-3;;;/h4-10,12-13,29H,11H2,1-3H3,(H2,28,30);3*1H. The summed E-state index contributed by atoms with van der Waals surface area (Å²) in [6.07, 6.45) is -3.90. The number of aromatic nitrogens is 4. The zero-order chi connectivity index (χ0) is 27.7. The van der Waals surface area contributed by atoms with Crippen LogP contribution in [0.1, 0.15) is 23.7 Å². The first-order valence-corrected chi connectivity index (χ1v) is 12.8. The summed E-state index contributed by atoms with van der Waals surface area (Å²) in [5.74, 6) is -0.798. The van der Waals surface area contributed by atoms with Gasteiger partial charge in [0.2, 0.25) is 5.89 Å². The molecule has 0 saturated carbocycles. The van der Waals surface area contributed by atoms with Gasteiger partial charge in [0.1, 0.15) is 10.6 Å². The Morgan fingerprint density at radius 1 is 1.08 bits per heavy atom. The highest BCUT2D eigenvalue weighted by atomic mass is 32.2. The van der Waals surface area contributed by atoms with E-state index in [0.29, 0.717) is 12.1 Å². The largest absolute Gasteiger partial charge is 0.573 e. The summed E-state index contributed by atoms with van der Waals surface area (Å²) < 4.78 is 74.3. The fourth-order valence-corrected chi connectivity index (χ4v) is 4.61. The molecule has 2 heterocycles. The predicted molar refractivity (Wildman–Crippen MR) is 139 cm³/mol. The normalized spacial score (nSPS) is 12.2. The molecule has 2 aromatic carbocycles. The van der Waals surface area contributed by atoms with Gasteiger partial charge in [-0.15, -0.1) is 23.4 Å². The molecule has 0 saturated heterocycles. The zero-order valence-corrected chi connectivity index (χ0v) is 21.3. The Labute approximate surface area is 220 Å². The van der Waals surface area contributed by atoms with Crippen molar-refractivity contribution < 1.29 is 35.0 Å². The predicted octanol–water partition coefficient (Wildman–Crippen LogP) is 4.98. The number of ether oxygens (including phenoxy) is 1. The van der Waals surface area contributed by atoms with Gasteiger partial charge in [-0.05, 0) is 50.7 Å². The first kappa shape index (κ1) is 27.0. The lowest BCUT2D eigenvalue weighted by atomic mass is 10.1. The summed E-state index contributed by atoms with van der Waals surface area (Å²) >= 11 is 0. The van der Waals surface area contributed by atoms with Crippen LogP contribution in [-0.4, -0.2) is 47.2 Å². The molecule has 38 heavy (non-hydrogen) atoms. The molecule has 14 heteroatoms. The van der Waals surface area contributed by atoms with Gasteiger partial charge in [-0.3, -0.25) is 0 Å². The molecule has 0 amide bonds. The number of nitrogen functional groups attached to an aromatic ring is 1. The van der Waals surface area contributed by atoms with Crippen molar-refractivity contribution in [3.05, 3.63) is 54.2 Å². The molecule has 0 aliphatic rings. The lowest BCUT2D eigenvalue weighted by Crippen LogP contribution is -2.21. The molecule has 0 radical (unpaired) electrons. The van der Waals surface area contributed by atoms with Crippen molar-refractivity contribution >= 4 is 15.7 Å². The molecule has 0 fully saturated rings. The molecule has 0 aliphatic heterocycles. The van der Waals surface area contributed by atoms with Gasteiger partial charge in [-0.2, -0.15) is 0 Å². The monoisotopic (exact) mass is 554 g/mol. The third-order valence-corrected chi connectivity index (χ3v) is 7.59. The Hall–Kier alpha value is -4.04. The Morgan fingerprint density at radius 3 is 2.37 bits per heavy atom. The summed E-state index contributed by atoms with van der Waals surface area (Å²) in [6.45, 7) is 3.40. The van der Waals surface area contributed by atoms with Crippen molar-refractivity contribution in [3.8, 4) is 40.0 Å². The fraction of sp³-hybridized carbons (Fsp3) is 0.250. The summed E-state index contributed by atoms with van der Waals surface area (Å²) in [6, 6.07) is 10.7. The molecular formula is C24H29F3N6O4S. The minimum atomic E-state index is -5.12. The van der Waals surface area contributed by atoms with Crippen LogP contribution in [0.2, 0.25) is 0 Å². The van der Waals surface area contributed by atoms with Gasteiger partial charge in [0, 0.05) is 22.0 Å². The quantitative estimate of drug-likeness (QED) is 0.306. The molecule has 2 aromatic heterocycles. The van der Waals surface area contributed by atoms with E-state index in [0.717, 1.165) is 17.7 Å². The summed E-state index contributed by atoms with van der Waals surface area (Å²) in [4.78, 5) is 7.80. The van der Waals surface area contributed by atoms with Crippen LogP contribution in [0.25, 0.3) is 34.3 Å². The number of alkyl halides is 3. The van der Waals surface area contributed by atoms with Crippen LogP contribution in [0.15, 0.2) is 58.0 Å². The van der Waals surface area contributed by atoms with Gasteiger partial charge >= 0.3 is 6.36 Å². The van der Waals surface area contributed by atoms with Gasteiger partial charge in [-0.1, -0.05) is 18.2 Å². The Bertz CT molecular complexity index is 1570. The van der Waals surface area contributed by atoms with Gasteiger partial charge in [0.15, 0.2) is 21.3 Å². The third-order valence-electron chi connectivity index (χ3n) is 5.40. The number of sulfone groups is 1. The van der Waals surface area contributed by atoms with E-state index >= 15 is 0 Å². The lowest BCUT2D eigenvalue weighted by molar-refractivity contribution is -0.275.